The van der Waals surface area contributed by atoms with Crippen molar-refractivity contribution in [3.05, 3.63) is 0 Å². The second-order valence-corrected chi connectivity index (χ2v) is 6.33. The van der Waals surface area contributed by atoms with Crippen LogP contribution >= 0.6 is 0 Å². The van der Waals surface area contributed by atoms with E-state index in [0.717, 1.165) is 25.9 Å². The zero-order valence-corrected chi connectivity index (χ0v) is 11.1. The third kappa shape index (κ3) is 2.94. The molecule has 0 aromatic heterocycles. The van der Waals surface area contributed by atoms with Crippen LogP contribution in [0.4, 0.5) is 4.79 Å². The minimum atomic E-state index is -0.742. The molecule has 2 rings (SSSR count). The van der Waals surface area contributed by atoms with Gasteiger partial charge in [0.2, 0.25) is 0 Å². The second kappa shape index (κ2) is 4.78. The zero-order valence-electron chi connectivity index (χ0n) is 11.1. The van der Waals surface area contributed by atoms with Crippen LogP contribution in [-0.2, 0) is 4.79 Å². The summed E-state index contributed by atoms with van der Waals surface area (Å²) in [6, 6.07) is -0.000994. The maximum Gasteiger partial charge on any atom is 0.317 e. The first-order valence-corrected chi connectivity index (χ1v) is 6.66. The number of hydrogen-bond donors (Lipinski definition) is 2. The van der Waals surface area contributed by atoms with Crippen LogP contribution in [0, 0.1) is 11.3 Å². The molecule has 2 amide bonds. The number of carboxylic acids is 1. The van der Waals surface area contributed by atoms with E-state index in [0.29, 0.717) is 12.8 Å². The van der Waals surface area contributed by atoms with Crippen molar-refractivity contribution < 1.29 is 14.7 Å². The Kier molecular flexibility index (Phi) is 3.50. The van der Waals surface area contributed by atoms with Gasteiger partial charge in [0.25, 0.3) is 0 Å². The molecule has 1 heterocycles. The predicted molar refractivity (Wildman–Crippen MR) is 67.3 cm³/mol. The Bertz CT molecular complexity index is 354. The Morgan fingerprint density at radius 2 is 2.06 bits per heavy atom. The number of aliphatic carboxylic acids is 1. The largest absolute Gasteiger partial charge is 0.481 e. The average Bonchev–Trinajstić information content (AvgIpc) is 2.84. The fourth-order valence-electron chi connectivity index (χ4n) is 2.89. The molecule has 2 fully saturated rings. The normalized spacial score (nSPS) is 30.4. The molecule has 0 radical (unpaired) electrons. The molecule has 102 valence electrons. The summed E-state index contributed by atoms with van der Waals surface area (Å²) in [5.41, 5.74) is 0.205. The summed E-state index contributed by atoms with van der Waals surface area (Å²) in [5, 5.41) is 11.9. The molecule has 5 heteroatoms. The van der Waals surface area contributed by atoms with E-state index in [1.165, 1.54) is 0 Å². The monoisotopic (exact) mass is 254 g/mol. The molecular weight excluding hydrogens is 232 g/mol. The first-order chi connectivity index (χ1) is 8.37. The molecule has 0 aromatic carbocycles. The molecule has 2 N–H and O–H groups in total. The van der Waals surface area contributed by atoms with Gasteiger partial charge in [-0.05, 0) is 31.1 Å². The number of likely N-dealkylation sites (tertiary alicyclic amines) is 1. The van der Waals surface area contributed by atoms with E-state index in [9.17, 15) is 9.59 Å². The van der Waals surface area contributed by atoms with Crippen molar-refractivity contribution >= 4 is 12.0 Å². The van der Waals surface area contributed by atoms with Crippen LogP contribution in [0.1, 0.15) is 39.5 Å². The lowest BCUT2D eigenvalue weighted by Gasteiger charge is -2.22. The highest BCUT2D eigenvalue weighted by atomic mass is 16.4. The Morgan fingerprint density at radius 3 is 2.56 bits per heavy atom. The molecule has 2 aliphatic rings. The van der Waals surface area contributed by atoms with Crippen molar-refractivity contribution in [2.75, 3.05) is 13.1 Å². The Labute approximate surface area is 108 Å². The molecule has 1 saturated heterocycles. The topological polar surface area (TPSA) is 69.6 Å². The Hall–Kier alpha value is -1.26. The quantitative estimate of drug-likeness (QED) is 0.787. The third-order valence-electron chi connectivity index (χ3n) is 4.07. The summed E-state index contributed by atoms with van der Waals surface area (Å²) < 4.78 is 0. The van der Waals surface area contributed by atoms with Gasteiger partial charge in [0, 0.05) is 19.1 Å². The summed E-state index contributed by atoms with van der Waals surface area (Å²) >= 11 is 0. The van der Waals surface area contributed by atoms with Crippen LogP contribution in [0.3, 0.4) is 0 Å². The minimum Gasteiger partial charge on any atom is -0.481 e. The molecular formula is C13H22N2O3. The lowest BCUT2D eigenvalue weighted by molar-refractivity contribution is -0.141. The summed E-state index contributed by atoms with van der Waals surface area (Å²) in [5.74, 6) is -1.03. The number of carbonyl (C=O) groups excluding carboxylic acids is 1. The lowest BCUT2D eigenvalue weighted by Crippen LogP contribution is -2.43. The van der Waals surface area contributed by atoms with Crippen molar-refractivity contribution in [2.24, 2.45) is 11.3 Å². The van der Waals surface area contributed by atoms with Crippen LogP contribution in [0.2, 0.25) is 0 Å². The van der Waals surface area contributed by atoms with Crippen molar-refractivity contribution in [3.63, 3.8) is 0 Å². The van der Waals surface area contributed by atoms with E-state index in [1.807, 2.05) is 4.90 Å². The molecule has 0 bridgehead atoms. The number of rotatable bonds is 2. The van der Waals surface area contributed by atoms with Crippen molar-refractivity contribution in [1.82, 2.24) is 10.2 Å². The van der Waals surface area contributed by atoms with Crippen molar-refractivity contribution in [2.45, 2.75) is 45.6 Å². The van der Waals surface area contributed by atoms with E-state index in [4.69, 9.17) is 5.11 Å². The highest BCUT2D eigenvalue weighted by Crippen LogP contribution is 2.30. The van der Waals surface area contributed by atoms with Gasteiger partial charge in [0.15, 0.2) is 0 Å². The smallest absolute Gasteiger partial charge is 0.317 e. The average molecular weight is 254 g/mol. The van der Waals surface area contributed by atoms with E-state index >= 15 is 0 Å². The van der Waals surface area contributed by atoms with Gasteiger partial charge in [0.05, 0.1) is 5.92 Å². The maximum absolute atomic E-state index is 12.0. The fourth-order valence-corrected chi connectivity index (χ4v) is 2.89. The molecule has 18 heavy (non-hydrogen) atoms. The van der Waals surface area contributed by atoms with E-state index in [1.54, 1.807) is 0 Å². The molecule has 1 aliphatic heterocycles. The standard InChI is InChI=1S/C13H22N2O3/c1-13(2)5-6-15(8-13)12(18)14-10-4-3-9(7-10)11(16)17/h9-10H,3-8H2,1-2H3,(H,14,18)(H,16,17)/t9-,10+/m1/s1. The molecule has 2 atom stereocenters. The molecule has 0 unspecified atom stereocenters. The summed E-state index contributed by atoms with van der Waals surface area (Å²) in [6.07, 6.45) is 3.05. The van der Waals surface area contributed by atoms with Gasteiger partial charge in [-0.1, -0.05) is 13.8 Å². The van der Waals surface area contributed by atoms with Gasteiger partial charge >= 0.3 is 12.0 Å². The molecule has 0 aromatic rings. The van der Waals surface area contributed by atoms with Gasteiger partial charge in [-0.2, -0.15) is 0 Å². The second-order valence-electron chi connectivity index (χ2n) is 6.33. The minimum absolute atomic E-state index is 0.0299. The summed E-state index contributed by atoms with van der Waals surface area (Å²) in [4.78, 5) is 24.7. The SMILES string of the molecule is CC1(C)CCN(C(=O)N[C@H]2CC[C@@H](C(=O)O)C2)C1. The van der Waals surface area contributed by atoms with Crippen LogP contribution in [0.25, 0.3) is 0 Å². The third-order valence-corrected chi connectivity index (χ3v) is 4.07. The number of hydrogen-bond acceptors (Lipinski definition) is 2. The van der Waals surface area contributed by atoms with Crippen molar-refractivity contribution in [1.29, 1.82) is 0 Å². The van der Waals surface area contributed by atoms with Gasteiger partial charge in [-0.25, -0.2) is 4.79 Å². The highest BCUT2D eigenvalue weighted by Gasteiger charge is 2.35. The fraction of sp³-hybridized carbons (Fsp3) is 0.846. The van der Waals surface area contributed by atoms with Crippen LogP contribution in [0.15, 0.2) is 0 Å². The number of amides is 2. The number of nitrogens with zero attached hydrogens (tertiary/aromatic N) is 1. The number of urea groups is 1. The first-order valence-electron chi connectivity index (χ1n) is 6.66. The summed E-state index contributed by atoms with van der Waals surface area (Å²) in [6.45, 7) is 5.91. The van der Waals surface area contributed by atoms with Crippen LogP contribution < -0.4 is 5.32 Å². The van der Waals surface area contributed by atoms with Gasteiger partial charge < -0.3 is 15.3 Å². The number of nitrogens with one attached hydrogen (secondary N) is 1. The van der Waals surface area contributed by atoms with Crippen LogP contribution in [0.5, 0.6) is 0 Å². The van der Waals surface area contributed by atoms with Crippen molar-refractivity contribution in [3.8, 4) is 0 Å². The first kappa shape index (κ1) is 13.2. The molecule has 1 saturated carbocycles. The van der Waals surface area contributed by atoms with Gasteiger partial charge in [-0.15, -0.1) is 0 Å². The van der Waals surface area contributed by atoms with E-state index in [-0.39, 0.29) is 23.4 Å². The summed E-state index contributed by atoms with van der Waals surface area (Å²) in [7, 11) is 0. The zero-order chi connectivity index (χ0) is 13.3. The molecule has 1 aliphatic carbocycles. The molecule has 0 spiro atoms. The van der Waals surface area contributed by atoms with E-state index in [2.05, 4.69) is 19.2 Å². The number of carbonyl (C=O) groups is 2. The molecule has 5 nitrogen and oxygen atoms in total. The maximum atomic E-state index is 12.0. The van der Waals surface area contributed by atoms with E-state index < -0.39 is 5.97 Å². The van der Waals surface area contributed by atoms with Gasteiger partial charge in [-0.3, -0.25) is 4.79 Å². The Balaban J connectivity index is 1.81. The number of carboxylic acid groups (broad SMARTS) is 1. The Morgan fingerprint density at radius 1 is 1.33 bits per heavy atom. The van der Waals surface area contributed by atoms with Gasteiger partial charge in [0.1, 0.15) is 0 Å². The lowest BCUT2D eigenvalue weighted by atomic mass is 9.93. The predicted octanol–water partition coefficient (Wildman–Crippen LogP) is 1.68. The van der Waals surface area contributed by atoms with Crippen LogP contribution in [-0.4, -0.2) is 41.1 Å². The highest BCUT2D eigenvalue weighted by molar-refractivity contribution is 5.75.